The van der Waals surface area contributed by atoms with Gasteiger partial charge in [0.15, 0.2) is 5.69 Å². The molecular weight excluding hydrogens is 388 g/mol. The lowest BCUT2D eigenvalue weighted by atomic mass is 10.2. The topological polar surface area (TPSA) is 82.2 Å². The van der Waals surface area contributed by atoms with Gasteiger partial charge in [-0.3, -0.25) is 4.79 Å². The molecule has 152 valence electrons. The number of anilines is 1. The highest BCUT2D eigenvalue weighted by atomic mass is 35.5. The molecule has 6 nitrogen and oxygen atoms in total. The summed E-state index contributed by atoms with van der Waals surface area (Å²) < 4.78 is 7.38. The normalized spacial score (nSPS) is 12.2. The van der Waals surface area contributed by atoms with Crippen molar-refractivity contribution >= 4 is 24.0 Å². The Morgan fingerprint density at radius 2 is 1.86 bits per heavy atom. The van der Waals surface area contributed by atoms with Gasteiger partial charge in [0.05, 0.1) is 5.69 Å². The summed E-state index contributed by atoms with van der Waals surface area (Å²) >= 11 is 0. The minimum Gasteiger partial charge on any atom is -0.492 e. The molecule has 0 spiro atoms. The van der Waals surface area contributed by atoms with Gasteiger partial charge in [0.25, 0.3) is 5.91 Å². The van der Waals surface area contributed by atoms with E-state index < -0.39 is 0 Å². The molecule has 0 saturated heterocycles. The fourth-order valence-corrected chi connectivity index (χ4v) is 3.52. The van der Waals surface area contributed by atoms with E-state index in [0.717, 1.165) is 42.0 Å². The minimum atomic E-state index is -0.181. The molecule has 4 rings (SSSR count). The predicted molar refractivity (Wildman–Crippen MR) is 117 cm³/mol. The van der Waals surface area contributed by atoms with Crippen LogP contribution in [0.3, 0.4) is 0 Å². The van der Waals surface area contributed by atoms with Crippen LogP contribution >= 0.6 is 12.4 Å². The number of hydrogen-bond donors (Lipinski definition) is 2. The molecule has 29 heavy (non-hydrogen) atoms. The molecule has 1 aromatic heterocycles. The zero-order valence-corrected chi connectivity index (χ0v) is 17.2. The van der Waals surface area contributed by atoms with E-state index >= 15 is 0 Å². The molecule has 0 atom stereocenters. The summed E-state index contributed by atoms with van der Waals surface area (Å²) in [4.78, 5) is 12.9. The van der Waals surface area contributed by atoms with Crippen LogP contribution in [0.4, 0.5) is 5.69 Å². The molecule has 7 heteroatoms. The number of nitrogens with one attached hydrogen (secondary N) is 1. The van der Waals surface area contributed by atoms with Crippen molar-refractivity contribution in [1.82, 2.24) is 9.78 Å². The molecule has 1 aliphatic carbocycles. The van der Waals surface area contributed by atoms with Gasteiger partial charge in [-0.2, -0.15) is 5.10 Å². The van der Waals surface area contributed by atoms with E-state index in [1.54, 1.807) is 0 Å². The highest BCUT2D eigenvalue weighted by Gasteiger charge is 2.27. The monoisotopic (exact) mass is 412 g/mol. The Morgan fingerprint density at radius 1 is 1.14 bits per heavy atom. The highest BCUT2D eigenvalue weighted by Crippen LogP contribution is 2.28. The lowest BCUT2D eigenvalue weighted by Gasteiger charge is -2.07. The molecular formula is C22H25ClN4O2. The van der Waals surface area contributed by atoms with E-state index in [2.05, 4.69) is 29.5 Å². The van der Waals surface area contributed by atoms with Crippen LogP contribution in [0.2, 0.25) is 0 Å². The second-order valence-electron chi connectivity index (χ2n) is 6.99. The second-order valence-corrected chi connectivity index (χ2v) is 6.99. The van der Waals surface area contributed by atoms with Crippen LogP contribution in [0.15, 0.2) is 48.5 Å². The van der Waals surface area contributed by atoms with Crippen molar-refractivity contribution in [3.63, 3.8) is 0 Å². The van der Waals surface area contributed by atoms with Gasteiger partial charge in [-0.05, 0) is 62.6 Å². The molecule has 1 heterocycles. The minimum absolute atomic E-state index is 0. The molecule has 3 N–H and O–H groups in total. The third-order valence-electron chi connectivity index (χ3n) is 4.92. The maximum atomic E-state index is 12.9. The summed E-state index contributed by atoms with van der Waals surface area (Å²) in [6.07, 6.45) is 2.87. The summed E-state index contributed by atoms with van der Waals surface area (Å²) in [5, 5.41) is 7.60. The van der Waals surface area contributed by atoms with E-state index in [-0.39, 0.29) is 18.3 Å². The Bertz CT molecular complexity index is 981. The summed E-state index contributed by atoms with van der Waals surface area (Å²) in [6, 6.07) is 15.5. The molecule has 0 saturated carbocycles. The third kappa shape index (κ3) is 4.44. The van der Waals surface area contributed by atoms with Gasteiger partial charge in [0.2, 0.25) is 0 Å². The number of benzene rings is 2. The standard InChI is InChI=1S/C22H24N4O2.ClH/c1-15-5-9-17(10-6-15)26-20-4-2-3-19(20)21(25-26)22(27)24-16-7-11-18(12-8-16)28-14-13-23;/h5-12H,2-4,13-14,23H2,1H3,(H,24,27);1H. The molecule has 3 aromatic rings. The molecule has 0 aliphatic heterocycles. The number of amides is 1. The van der Waals surface area contributed by atoms with Crippen molar-refractivity contribution in [2.24, 2.45) is 5.73 Å². The number of nitrogens with two attached hydrogens (primary N) is 1. The Morgan fingerprint density at radius 3 is 2.55 bits per heavy atom. The molecule has 2 aromatic carbocycles. The largest absolute Gasteiger partial charge is 0.492 e. The van der Waals surface area contributed by atoms with Gasteiger partial charge >= 0.3 is 0 Å². The van der Waals surface area contributed by atoms with Gasteiger partial charge < -0.3 is 15.8 Å². The summed E-state index contributed by atoms with van der Waals surface area (Å²) in [7, 11) is 0. The van der Waals surface area contributed by atoms with Crippen molar-refractivity contribution in [1.29, 1.82) is 0 Å². The maximum absolute atomic E-state index is 12.9. The van der Waals surface area contributed by atoms with E-state index in [9.17, 15) is 4.79 Å². The number of aryl methyl sites for hydroxylation is 1. The number of carbonyl (C=O) groups excluding carboxylic acids is 1. The van der Waals surface area contributed by atoms with Gasteiger partial charge in [-0.15, -0.1) is 12.4 Å². The third-order valence-corrected chi connectivity index (χ3v) is 4.92. The summed E-state index contributed by atoms with van der Waals surface area (Å²) in [5.41, 5.74) is 11.0. The van der Waals surface area contributed by atoms with E-state index in [0.29, 0.717) is 24.5 Å². The molecule has 1 amide bonds. The fourth-order valence-electron chi connectivity index (χ4n) is 3.52. The smallest absolute Gasteiger partial charge is 0.276 e. The van der Waals surface area contributed by atoms with Gasteiger partial charge in [-0.1, -0.05) is 17.7 Å². The van der Waals surface area contributed by atoms with Crippen LogP contribution in [0.5, 0.6) is 5.75 Å². The van der Waals surface area contributed by atoms with Crippen LogP contribution in [0.25, 0.3) is 5.69 Å². The van der Waals surface area contributed by atoms with Gasteiger partial charge in [0, 0.05) is 23.5 Å². The number of fused-ring (bicyclic) bond motifs is 1. The van der Waals surface area contributed by atoms with Gasteiger partial charge in [-0.25, -0.2) is 4.68 Å². The van der Waals surface area contributed by atoms with Crippen molar-refractivity contribution in [2.75, 3.05) is 18.5 Å². The molecule has 1 aliphatic rings. The molecule has 0 unspecified atom stereocenters. The number of rotatable bonds is 6. The van der Waals surface area contributed by atoms with Crippen LogP contribution < -0.4 is 15.8 Å². The van der Waals surface area contributed by atoms with Crippen LogP contribution in [-0.2, 0) is 12.8 Å². The van der Waals surface area contributed by atoms with Crippen molar-refractivity contribution in [3.8, 4) is 11.4 Å². The predicted octanol–water partition coefficient (Wildman–Crippen LogP) is 3.68. The fraction of sp³-hybridized carbons (Fsp3) is 0.273. The van der Waals surface area contributed by atoms with Crippen molar-refractivity contribution < 1.29 is 9.53 Å². The van der Waals surface area contributed by atoms with Crippen LogP contribution in [0, 0.1) is 6.92 Å². The summed E-state index contributed by atoms with van der Waals surface area (Å²) in [6.45, 7) is 2.99. The lowest BCUT2D eigenvalue weighted by Crippen LogP contribution is -2.15. The summed E-state index contributed by atoms with van der Waals surface area (Å²) in [5.74, 6) is 0.549. The SMILES string of the molecule is Cc1ccc(-n2nc(C(=O)Nc3ccc(OCCN)cc3)c3c2CCC3)cc1.Cl. The number of ether oxygens (including phenoxy) is 1. The van der Waals surface area contributed by atoms with Crippen molar-refractivity contribution in [2.45, 2.75) is 26.2 Å². The first-order chi connectivity index (χ1) is 13.7. The first kappa shape index (κ1) is 20.9. The molecule has 0 bridgehead atoms. The number of aromatic nitrogens is 2. The van der Waals surface area contributed by atoms with Crippen LogP contribution in [-0.4, -0.2) is 28.8 Å². The number of nitrogens with zero attached hydrogens (tertiary/aromatic N) is 2. The molecule has 0 fully saturated rings. The Hall–Kier alpha value is -2.83. The lowest BCUT2D eigenvalue weighted by molar-refractivity contribution is 0.102. The zero-order chi connectivity index (χ0) is 19.5. The zero-order valence-electron chi connectivity index (χ0n) is 16.4. The van der Waals surface area contributed by atoms with E-state index in [1.807, 2.05) is 41.1 Å². The quantitative estimate of drug-likeness (QED) is 0.647. The maximum Gasteiger partial charge on any atom is 0.276 e. The Labute approximate surface area is 176 Å². The van der Waals surface area contributed by atoms with Crippen LogP contribution in [0.1, 0.15) is 33.7 Å². The Kier molecular flexibility index (Phi) is 6.56. The molecule has 0 radical (unpaired) electrons. The second kappa shape index (κ2) is 9.11. The van der Waals surface area contributed by atoms with Gasteiger partial charge in [0.1, 0.15) is 12.4 Å². The van der Waals surface area contributed by atoms with E-state index in [1.165, 1.54) is 5.56 Å². The first-order valence-electron chi connectivity index (χ1n) is 9.58. The number of halogens is 1. The van der Waals surface area contributed by atoms with E-state index in [4.69, 9.17) is 10.5 Å². The van der Waals surface area contributed by atoms with Crippen molar-refractivity contribution in [3.05, 3.63) is 71.0 Å². The average molecular weight is 413 g/mol. The number of carbonyl (C=O) groups is 1. The average Bonchev–Trinajstić information content (AvgIpc) is 3.31. The first-order valence-corrected chi connectivity index (χ1v) is 9.58. The highest BCUT2D eigenvalue weighted by molar-refractivity contribution is 6.04. The number of hydrogen-bond acceptors (Lipinski definition) is 4. The Balaban J connectivity index is 0.00000240.